The van der Waals surface area contributed by atoms with Crippen LogP contribution < -0.4 is 10.6 Å². The lowest BCUT2D eigenvalue weighted by molar-refractivity contribution is 0.0768. The van der Waals surface area contributed by atoms with Crippen LogP contribution in [0.2, 0.25) is 0 Å². The second kappa shape index (κ2) is 10.0. The molecule has 0 aromatic heterocycles. The third kappa shape index (κ3) is 5.67. The van der Waals surface area contributed by atoms with Crippen LogP contribution >= 0.6 is 0 Å². The van der Waals surface area contributed by atoms with Crippen molar-refractivity contribution in [1.29, 1.82) is 0 Å². The number of anilines is 2. The number of benzene rings is 2. The highest BCUT2D eigenvalue weighted by atomic mass is 19.1. The number of halogens is 1. The van der Waals surface area contributed by atoms with E-state index in [1.165, 1.54) is 6.07 Å². The van der Waals surface area contributed by atoms with E-state index in [1.807, 2.05) is 35.2 Å². The number of rotatable bonds is 5. The molecule has 6 nitrogen and oxygen atoms in total. The van der Waals surface area contributed by atoms with Crippen LogP contribution in [-0.4, -0.2) is 61.7 Å². The van der Waals surface area contributed by atoms with E-state index in [1.54, 1.807) is 12.1 Å². The molecule has 0 aliphatic carbocycles. The molecular weight excluding hydrogens is 395 g/mol. The topological polar surface area (TPSA) is 62.0 Å². The van der Waals surface area contributed by atoms with Gasteiger partial charge >= 0.3 is 6.09 Å². The standard InChI is InChI=1S/C24H31FN4O2/c25-22-16-21(26)6-7-23(22)28-14-12-27(13-15-28)17-19-8-10-29(11-9-19)24(30)31-18-20-4-2-1-3-5-20/h1-7,16,19H,8-15,17-18,26H2. The highest BCUT2D eigenvalue weighted by Gasteiger charge is 2.27. The van der Waals surface area contributed by atoms with Crippen molar-refractivity contribution >= 4 is 17.5 Å². The Balaban J connectivity index is 1.17. The number of ether oxygens (including phenoxy) is 1. The Morgan fingerprint density at radius 3 is 2.39 bits per heavy atom. The molecule has 0 bridgehead atoms. The van der Waals surface area contributed by atoms with Gasteiger partial charge in [0.05, 0.1) is 5.69 Å². The molecule has 2 saturated heterocycles. The van der Waals surface area contributed by atoms with Crippen molar-refractivity contribution in [3.05, 3.63) is 59.9 Å². The number of piperazine rings is 1. The van der Waals surface area contributed by atoms with Crippen LogP contribution in [0.1, 0.15) is 18.4 Å². The minimum atomic E-state index is -0.250. The number of hydrogen-bond donors (Lipinski definition) is 1. The van der Waals surface area contributed by atoms with Crippen molar-refractivity contribution in [2.75, 3.05) is 56.4 Å². The second-order valence-corrected chi connectivity index (χ2v) is 8.47. The summed E-state index contributed by atoms with van der Waals surface area (Å²) in [5.74, 6) is 0.331. The Labute approximate surface area is 183 Å². The molecular formula is C24H31FN4O2. The summed E-state index contributed by atoms with van der Waals surface area (Å²) in [6.45, 7) is 6.30. The molecule has 4 rings (SSSR count). The fraction of sp³-hybridized carbons (Fsp3) is 0.458. The summed E-state index contributed by atoms with van der Waals surface area (Å²) in [5, 5.41) is 0. The third-order valence-corrected chi connectivity index (χ3v) is 6.28. The number of nitrogens with zero attached hydrogens (tertiary/aromatic N) is 3. The number of hydrogen-bond acceptors (Lipinski definition) is 5. The summed E-state index contributed by atoms with van der Waals surface area (Å²) in [6.07, 6.45) is 1.77. The maximum atomic E-state index is 14.2. The first-order valence-corrected chi connectivity index (χ1v) is 11.1. The van der Waals surface area contributed by atoms with Crippen LogP contribution in [-0.2, 0) is 11.3 Å². The average molecular weight is 427 g/mol. The third-order valence-electron chi connectivity index (χ3n) is 6.28. The minimum Gasteiger partial charge on any atom is -0.445 e. The molecule has 7 heteroatoms. The van der Waals surface area contributed by atoms with Crippen LogP contribution in [0, 0.1) is 11.7 Å². The summed E-state index contributed by atoms with van der Waals surface area (Å²) in [7, 11) is 0. The van der Waals surface area contributed by atoms with Gasteiger partial charge < -0.3 is 20.3 Å². The molecule has 166 valence electrons. The maximum absolute atomic E-state index is 14.2. The molecule has 0 atom stereocenters. The predicted octanol–water partition coefficient (Wildman–Crippen LogP) is 3.58. The Hall–Kier alpha value is -2.80. The van der Waals surface area contributed by atoms with Crippen LogP contribution in [0.3, 0.4) is 0 Å². The Kier molecular flexibility index (Phi) is 6.92. The lowest BCUT2D eigenvalue weighted by atomic mass is 9.96. The zero-order chi connectivity index (χ0) is 21.6. The molecule has 2 aromatic rings. The van der Waals surface area contributed by atoms with Crippen molar-refractivity contribution in [1.82, 2.24) is 9.80 Å². The van der Waals surface area contributed by atoms with E-state index in [4.69, 9.17) is 10.5 Å². The van der Waals surface area contributed by atoms with Crippen molar-refractivity contribution in [3.63, 3.8) is 0 Å². The smallest absolute Gasteiger partial charge is 0.410 e. The number of likely N-dealkylation sites (tertiary alicyclic amines) is 1. The van der Waals surface area contributed by atoms with Gasteiger partial charge in [0.2, 0.25) is 0 Å². The first-order chi connectivity index (χ1) is 15.1. The molecule has 2 aliphatic heterocycles. The summed E-state index contributed by atoms with van der Waals surface area (Å²) in [6, 6.07) is 14.7. The second-order valence-electron chi connectivity index (χ2n) is 8.47. The first-order valence-electron chi connectivity index (χ1n) is 11.1. The van der Waals surface area contributed by atoms with Gasteiger partial charge in [-0.15, -0.1) is 0 Å². The molecule has 1 amide bonds. The molecule has 0 radical (unpaired) electrons. The zero-order valence-corrected chi connectivity index (χ0v) is 17.9. The normalized spacial score (nSPS) is 18.2. The van der Waals surface area contributed by atoms with Gasteiger partial charge in [-0.3, -0.25) is 4.90 Å². The van der Waals surface area contributed by atoms with Crippen molar-refractivity contribution in [2.24, 2.45) is 5.92 Å². The quantitative estimate of drug-likeness (QED) is 0.741. The van der Waals surface area contributed by atoms with Gasteiger partial charge in [0, 0.05) is 51.5 Å². The number of nitrogens with two attached hydrogens (primary N) is 1. The predicted molar refractivity (Wildman–Crippen MR) is 120 cm³/mol. The SMILES string of the molecule is Nc1ccc(N2CCN(CC3CCN(C(=O)OCc4ccccc4)CC3)CC2)c(F)c1. The average Bonchev–Trinajstić information content (AvgIpc) is 2.79. The maximum Gasteiger partial charge on any atom is 0.410 e. The summed E-state index contributed by atoms with van der Waals surface area (Å²) in [5.41, 5.74) is 7.75. The molecule has 0 spiro atoms. The van der Waals surface area contributed by atoms with E-state index in [0.717, 1.165) is 64.2 Å². The number of carbonyl (C=O) groups is 1. The molecule has 0 unspecified atom stereocenters. The largest absolute Gasteiger partial charge is 0.445 e. The van der Waals surface area contributed by atoms with E-state index in [2.05, 4.69) is 9.80 Å². The van der Waals surface area contributed by atoms with Crippen molar-refractivity contribution < 1.29 is 13.9 Å². The van der Waals surface area contributed by atoms with Crippen LogP contribution in [0.15, 0.2) is 48.5 Å². The van der Waals surface area contributed by atoms with Gasteiger partial charge in [-0.05, 0) is 42.5 Å². The number of nitrogen functional groups attached to an aromatic ring is 1. The molecule has 2 aromatic carbocycles. The summed E-state index contributed by atoms with van der Waals surface area (Å²) >= 11 is 0. The minimum absolute atomic E-state index is 0.221. The van der Waals surface area contributed by atoms with Crippen molar-refractivity contribution in [3.8, 4) is 0 Å². The Morgan fingerprint density at radius 2 is 1.71 bits per heavy atom. The van der Waals surface area contributed by atoms with E-state index < -0.39 is 0 Å². The Bertz CT molecular complexity index is 863. The fourth-order valence-electron chi connectivity index (χ4n) is 4.42. The highest BCUT2D eigenvalue weighted by molar-refractivity contribution is 5.67. The van der Waals surface area contributed by atoms with E-state index >= 15 is 0 Å². The van der Waals surface area contributed by atoms with E-state index in [-0.39, 0.29) is 11.9 Å². The molecule has 0 saturated carbocycles. The van der Waals surface area contributed by atoms with Gasteiger partial charge in [-0.25, -0.2) is 9.18 Å². The summed E-state index contributed by atoms with van der Waals surface area (Å²) in [4.78, 5) is 18.7. The molecule has 2 N–H and O–H groups in total. The van der Waals surface area contributed by atoms with Gasteiger partial charge in [-0.1, -0.05) is 30.3 Å². The molecule has 31 heavy (non-hydrogen) atoms. The van der Waals surface area contributed by atoms with E-state index in [9.17, 15) is 9.18 Å². The fourth-order valence-corrected chi connectivity index (χ4v) is 4.42. The van der Waals surface area contributed by atoms with Crippen LogP contribution in [0.25, 0.3) is 0 Å². The lowest BCUT2D eigenvalue weighted by Crippen LogP contribution is -2.49. The molecule has 2 fully saturated rings. The van der Waals surface area contributed by atoms with Crippen LogP contribution in [0.4, 0.5) is 20.6 Å². The number of amides is 1. The molecule has 2 heterocycles. The van der Waals surface area contributed by atoms with Gasteiger partial charge in [-0.2, -0.15) is 0 Å². The Morgan fingerprint density at radius 1 is 1.00 bits per heavy atom. The lowest BCUT2D eigenvalue weighted by Gasteiger charge is -2.39. The monoisotopic (exact) mass is 426 g/mol. The van der Waals surface area contributed by atoms with Crippen molar-refractivity contribution in [2.45, 2.75) is 19.4 Å². The van der Waals surface area contributed by atoms with Crippen LogP contribution in [0.5, 0.6) is 0 Å². The highest BCUT2D eigenvalue weighted by Crippen LogP contribution is 2.24. The zero-order valence-electron chi connectivity index (χ0n) is 17.9. The number of carbonyl (C=O) groups excluding carboxylic acids is 1. The first kappa shape index (κ1) is 21.4. The molecule has 2 aliphatic rings. The number of piperidine rings is 1. The van der Waals surface area contributed by atoms with Gasteiger partial charge in [0.1, 0.15) is 12.4 Å². The summed E-state index contributed by atoms with van der Waals surface area (Å²) < 4.78 is 19.6. The van der Waals surface area contributed by atoms with Gasteiger partial charge in [0.15, 0.2) is 0 Å². The van der Waals surface area contributed by atoms with Gasteiger partial charge in [0.25, 0.3) is 0 Å². The van der Waals surface area contributed by atoms with E-state index in [0.29, 0.717) is 23.9 Å².